The third kappa shape index (κ3) is 4.64. The summed E-state index contributed by atoms with van der Waals surface area (Å²) in [5.74, 6) is -3.42. The van der Waals surface area contributed by atoms with Gasteiger partial charge in [-0.15, -0.1) is 13.2 Å². The van der Waals surface area contributed by atoms with Gasteiger partial charge in [-0.3, -0.25) is 4.79 Å². The molecule has 1 aliphatic rings. The Morgan fingerprint density at radius 3 is 2.50 bits per heavy atom. The molecule has 30 heavy (non-hydrogen) atoms. The van der Waals surface area contributed by atoms with E-state index >= 15 is 0 Å². The van der Waals surface area contributed by atoms with Crippen molar-refractivity contribution in [1.29, 1.82) is 0 Å². The third-order valence-electron chi connectivity index (χ3n) is 4.61. The smallest absolute Gasteiger partial charge is 0.493 e. The second-order valence-corrected chi connectivity index (χ2v) is 6.63. The van der Waals surface area contributed by atoms with Crippen LogP contribution in [0.4, 0.5) is 22.0 Å². The minimum absolute atomic E-state index is 0.0711. The first kappa shape index (κ1) is 21.8. The fourth-order valence-corrected chi connectivity index (χ4v) is 3.42. The number of carbonyl (C=O) groups is 1. The number of aliphatic hydroxyl groups is 1. The van der Waals surface area contributed by atoms with Gasteiger partial charge in [0.25, 0.3) is 5.91 Å². The molecule has 1 amide bonds. The topological polar surface area (TPSA) is 59.0 Å². The molecular formula is C20H18F5NO4. The molecule has 0 saturated carbocycles. The van der Waals surface area contributed by atoms with Crippen LogP contribution in [0, 0.1) is 11.6 Å². The number of amides is 1. The molecule has 2 atom stereocenters. The molecule has 3 rings (SSSR count). The molecule has 2 aromatic rings. The van der Waals surface area contributed by atoms with Crippen LogP contribution in [0.5, 0.6) is 11.5 Å². The first-order chi connectivity index (χ1) is 14.1. The second kappa shape index (κ2) is 8.47. The number of aliphatic hydroxyl groups excluding tert-OH is 1. The Hall–Kier alpha value is -2.88. The molecule has 1 fully saturated rings. The van der Waals surface area contributed by atoms with Crippen LogP contribution in [0.15, 0.2) is 36.4 Å². The summed E-state index contributed by atoms with van der Waals surface area (Å²) in [5.41, 5.74) is 0.213. The van der Waals surface area contributed by atoms with E-state index in [4.69, 9.17) is 4.74 Å². The van der Waals surface area contributed by atoms with Crippen molar-refractivity contribution in [1.82, 2.24) is 4.90 Å². The summed E-state index contributed by atoms with van der Waals surface area (Å²) in [5, 5.41) is 10.0. The van der Waals surface area contributed by atoms with Crippen molar-refractivity contribution in [3.05, 3.63) is 59.2 Å². The third-order valence-corrected chi connectivity index (χ3v) is 4.61. The van der Waals surface area contributed by atoms with E-state index in [0.29, 0.717) is 0 Å². The van der Waals surface area contributed by atoms with E-state index in [0.717, 1.165) is 23.1 Å². The van der Waals surface area contributed by atoms with E-state index in [1.165, 1.54) is 18.2 Å². The average molecular weight is 431 g/mol. The first-order valence-corrected chi connectivity index (χ1v) is 9.04. The number of hydrogen-bond acceptors (Lipinski definition) is 4. The molecule has 5 nitrogen and oxygen atoms in total. The minimum atomic E-state index is -5.05. The molecule has 2 unspecified atom stereocenters. The van der Waals surface area contributed by atoms with Crippen LogP contribution >= 0.6 is 0 Å². The molecule has 10 heteroatoms. The molecule has 0 bridgehead atoms. The summed E-state index contributed by atoms with van der Waals surface area (Å²) in [6.07, 6.45) is -6.57. The fraction of sp³-hybridized carbons (Fsp3) is 0.350. The molecule has 1 N–H and O–H groups in total. The maximum absolute atomic E-state index is 14.6. The zero-order valence-electron chi connectivity index (χ0n) is 15.7. The van der Waals surface area contributed by atoms with Crippen molar-refractivity contribution >= 4 is 5.91 Å². The lowest BCUT2D eigenvalue weighted by Gasteiger charge is -2.27. The predicted octanol–water partition coefficient (Wildman–Crippen LogP) is 4.10. The predicted molar refractivity (Wildman–Crippen MR) is 94.6 cm³/mol. The van der Waals surface area contributed by atoms with Crippen LogP contribution in [0.1, 0.15) is 30.5 Å². The van der Waals surface area contributed by atoms with Crippen LogP contribution in [0.2, 0.25) is 0 Å². The van der Waals surface area contributed by atoms with E-state index in [2.05, 4.69) is 4.74 Å². The zero-order chi connectivity index (χ0) is 22.1. The Kier molecular flexibility index (Phi) is 6.16. The largest absolute Gasteiger partial charge is 0.573 e. The summed E-state index contributed by atoms with van der Waals surface area (Å²) in [6, 6.07) is 6.00. The van der Waals surface area contributed by atoms with Crippen molar-refractivity contribution < 1.29 is 41.3 Å². The molecule has 0 spiro atoms. The summed E-state index contributed by atoms with van der Waals surface area (Å²) < 4.78 is 74.5. The number of ether oxygens (including phenoxy) is 2. The number of halogens is 5. The summed E-state index contributed by atoms with van der Waals surface area (Å²) in [4.78, 5) is 13.6. The monoisotopic (exact) mass is 431 g/mol. The SMILES string of the molecule is CCOc1cccc(F)c1C1CC(O)C(=O)N1Cc1ccc(OC(F)(F)F)c(F)c1. The van der Waals surface area contributed by atoms with Crippen LogP contribution in [0.3, 0.4) is 0 Å². The van der Waals surface area contributed by atoms with Crippen LogP contribution < -0.4 is 9.47 Å². The van der Waals surface area contributed by atoms with Gasteiger partial charge in [-0.1, -0.05) is 12.1 Å². The van der Waals surface area contributed by atoms with Crippen molar-refractivity contribution in [3.8, 4) is 11.5 Å². The molecule has 0 aromatic heterocycles. The van der Waals surface area contributed by atoms with Gasteiger partial charge in [0.05, 0.1) is 18.2 Å². The minimum Gasteiger partial charge on any atom is -0.493 e. The van der Waals surface area contributed by atoms with Crippen molar-refractivity contribution in [2.45, 2.75) is 38.4 Å². The van der Waals surface area contributed by atoms with Gasteiger partial charge < -0.3 is 19.5 Å². The molecule has 162 valence electrons. The quantitative estimate of drug-likeness (QED) is 0.700. The fourth-order valence-electron chi connectivity index (χ4n) is 3.42. The highest BCUT2D eigenvalue weighted by atomic mass is 19.4. The van der Waals surface area contributed by atoms with Gasteiger partial charge in [0.15, 0.2) is 11.6 Å². The highest BCUT2D eigenvalue weighted by Crippen LogP contribution is 2.40. The summed E-state index contributed by atoms with van der Waals surface area (Å²) >= 11 is 0. The maximum Gasteiger partial charge on any atom is 0.573 e. The lowest BCUT2D eigenvalue weighted by molar-refractivity contribution is -0.275. The van der Waals surface area contributed by atoms with E-state index < -0.39 is 41.8 Å². The molecule has 2 aromatic carbocycles. The maximum atomic E-state index is 14.6. The van der Waals surface area contributed by atoms with Gasteiger partial charge in [-0.05, 0) is 36.8 Å². The Labute approximate surface area is 168 Å². The van der Waals surface area contributed by atoms with Crippen molar-refractivity contribution in [2.75, 3.05) is 6.61 Å². The number of alkyl halides is 3. The van der Waals surface area contributed by atoms with Crippen LogP contribution in [-0.2, 0) is 11.3 Å². The van der Waals surface area contributed by atoms with Gasteiger partial charge in [-0.2, -0.15) is 0 Å². The lowest BCUT2D eigenvalue weighted by atomic mass is 10.0. The second-order valence-electron chi connectivity index (χ2n) is 6.63. The Morgan fingerprint density at radius 1 is 1.13 bits per heavy atom. The Balaban J connectivity index is 1.91. The molecule has 1 heterocycles. The molecular weight excluding hydrogens is 413 g/mol. The Morgan fingerprint density at radius 2 is 1.87 bits per heavy atom. The number of hydrogen-bond donors (Lipinski definition) is 1. The van der Waals surface area contributed by atoms with Gasteiger partial charge in [-0.25, -0.2) is 8.78 Å². The highest BCUT2D eigenvalue weighted by molar-refractivity contribution is 5.83. The van der Waals surface area contributed by atoms with E-state index in [1.807, 2.05) is 0 Å². The number of rotatable bonds is 6. The number of carbonyl (C=O) groups excluding carboxylic acids is 1. The highest BCUT2D eigenvalue weighted by Gasteiger charge is 2.42. The summed E-state index contributed by atoms with van der Waals surface area (Å²) in [6.45, 7) is 1.68. The van der Waals surface area contributed by atoms with Gasteiger partial charge in [0, 0.05) is 13.0 Å². The van der Waals surface area contributed by atoms with Crippen molar-refractivity contribution in [2.24, 2.45) is 0 Å². The standard InChI is InChI=1S/C20H18F5NO4/c1-2-29-17-5-3-4-12(21)18(17)14-9-15(27)19(28)26(14)10-11-6-7-16(13(22)8-11)30-20(23,24)25/h3-8,14-15,27H,2,9-10H2,1H3. The van der Waals surface area contributed by atoms with Gasteiger partial charge in [0.1, 0.15) is 17.7 Å². The normalized spacial score (nSPS) is 19.3. The summed E-state index contributed by atoms with van der Waals surface area (Å²) in [7, 11) is 0. The van der Waals surface area contributed by atoms with Gasteiger partial charge in [0.2, 0.25) is 0 Å². The van der Waals surface area contributed by atoms with Crippen molar-refractivity contribution in [3.63, 3.8) is 0 Å². The number of nitrogens with zero attached hydrogens (tertiary/aromatic N) is 1. The molecule has 1 aliphatic heterocycles. The Bertz CT molecular complexity index is 934. The van der Waals surface area contributed by atoms with E-state index in [1.54, 1.807) is 6.92 Å². The van der Waals surface area contributed by atoms with E-state index in [9.17, 15) is 31.9 Å². The molecule has 1 saturated heterocycles. The first-order valence-electron chi connectivity index (χ1n) is 9.04. The number of likely N-dealkylation sites (tertiary alicyclic amines) is 1. The number of benzene rings is 2. The zero-order valence-corrected chi connectivity index (χ0v) is 15.7. The van der Waals surface area contributed by atoms with Crippen LogP contribution in [-0.4, -0.2) is 35.0 Å². The average Bonchev–Trinajstić information content (AvgIpc) is 2.91. The van der Waals surface area contributed by atoms with E-state index in [-0.39, 0.29) is 36.4 Å². The van der Waals surface area contributed by atoms with Crippen LogP contribution in [0.25, 0.3) is 0 Å². The lowest BCUT2D eigenvalue weighted by Crippen LogP contribution is -2.31. The molecule has 0 radical (unpaired) electrons. The molecule has 0 aliphatic carbocycles. The van der Waals surface area contributed by atoms with Gasteiger partial charge >= 0.3 is 6.36 Å².